The lowest BCUT2D eigenvalue weighted by molar-refractivity contribution is 0.0747. The van der Waals surface area contributed by atoms with E-state index in [0.717, 1.165) is 5.56 Å². The van der Waals surface area contributed by atoms with Crippen LogP contribution in [0.2, 0.25) is 5.02 Å². The molecule has 0 N–H and O–H groups in total. The Labute approximate surface area is 134 Å². The SMILES string of the molecule is CCN(Cc1ccccc1)C(=O)c1cn2cc(Cl)ccc2n1. The fourth-order valence-corrected chi connectivity index (χ4v) is 2.53. The second kappa shape index (κ2) is 6.20. The van der Waals surface area contributed by atoms with Crippen molar-refractivity contribution in [1.29, 1.82) is 0 Å². The summed E-state index contributed by atoms with van der Waals surface area (Å²) in [5, 5.41) is 0.612. The van der Waals surface area contributed by atoms with E-state index in [9.17, 15) is 4.79 Å². The van der Waals surface area contributed by atoms with Crippen molar-refractivity contribution in [2.24, 2.45) is 0 Å². The molecule has 0 bridgehead atoms. The van der Waals surface area contributed by atoms with Crippen molar-refractivity contribution >= 4 is 23.2 Å². The lowest BCUT2D eigenvalue weighted by Crippen LogP contribution is -2.30. The summed E-state index contributed by atoms with van der Waals surface area (Å²) >= 11 is 5.96. The number of rotatable bonds is 4. The van der Waals surface area contributed by atoms with Gasteiger partial charge in [-0.3, -0.25) is 4.79 Å². The minimum absolute atomic E-state index is 0.0776. The number of hydrogen-bond acceptors (Lipinski definition) is 2. The summed E-state index contributed by atoms with van der Waals surface area (Å²) in [6.45, 7) is 3.17. The van der Waals surface area contributed by atoms with Gasteiger partial charge in [-0.05, 0) is 24.6 Å². The summed E-state index contributed by atoms with van der Waals surface area (Å²) in [6.07, 6.45) is 3.46. The minimum Gasteiger partial charge on any atom is -0.333 e. The van der Waals surface area contributed by atoms with Gasteiger partial charge in [-0.25, -0.2) is 4.98 Å². The molecule has 0 radical (unpaired) electrons. The molecule has 2 aromatic heterocycles. The molecule has 3 rings (SSSR count). The highest BCUT2D eigenvalue weighted by atomic mass is 35.5. The number of carbonyl (C=O) groups is 1. The van der Waals surface area contributed by atoms with Gasteiger partial charge in [0.1, 0.15) is 11.3 Å². The third-order valence-corrected chi connectivity index (χ3v) is 3.74. The van der Waals surface area contributed by atoms with Crippen LogP contribution in [0.15, 0.2) is 54.9 Å². The highest BCUT2D eigenvalue weighted by molar-refractivity contribution is 6.30. The zero-order valence-electron chi connectivity index (χ0n) is 12.2. The summed E-state index contributed by atoms with van der Waals surface area (Å²) in [5.74, 6) is -0.0776. The smallest absolute Gasteiger partial charge is 0.274 e. The number of nitrogens with zero attached hydrogens (tertiary/aromatic N) is 3. The van der Waals surface area contributed by atoms with E-state index >= 15 is 0 Å². The molecule has 0 aliphatic rings. The van der Waals surface area contributed by atoms with E-state index < -0.39 is 0 Å². The molecule has 0 aliphatic heterocycles. The number of imidazole rings is 1. The Bertz CT molecular complexity index is 798. The zero-order valence-corrected chi connectivity index (χ0v) is 13.0. The molecule has 0 aliphatic carbocycles. The maximum atomic E-state index is 12.7. The molecule has 0 atom stereocenters. The Morgan fingerprint density at radius 2 is 1.95 bits per heavy atom. The van der Waals surface area contributed by atoms with Gasteiger partial charge in [-0.2, -0.15) is 0 Å². The van der Waals surface area contributed by atoms with Crippen LogP contribution in [0.3, 0.4) is 0 Å². The van der Waals surface area contributed by atoms with Crippen LogP contribution in [0.25, 0.3) is 5.65 Å². The normalized spacial score (nSPS) is 10.8. The first kappa shape index (κ1) is 14.6. The molecule has 0 saturated heterocycles. The molecule has 4 nitrogen and oxygen atoms in total. The van der Waals surface area contributed by atoms with E-state index in [1.165, 1.54) is 0 Å². The number of amides is 1. The van der Waals surface area contributed by atoms with Gasteiger partial charge in [-0.15, -0.1) is 0 Å². The Hall–Kier alpha value is -2.33. The van der Waals surface area contributed by atoms with Crippen molar-refractivity contribution < 1.29 is 4.79 Å². The first-order chi connectivity index (χ1) is 10.7. The number of fused-ring (bicyclic) bond motifs is 1. The highest BCUT2D eigenvalue weighted by Crippen LogP contribution is 2.14. The first-order valence-corrected chi connectivity index (χ1v) is 7.52. The quantitative estimate of drug-likeness (QED) is 0.737. The van der Waals surface area contributed by atoms with Crippen LogP contribution < -0.4 is 0 Å². The average molecular weight is 314 g/mol. The van der Waals surface area contributed by atoms with Gasteiger partial charge < -0.3 is 9.30 Å². The van der Waals surface area contributed by atoms with Gasteiger partial charge in [-0.1, -0.05) is 41.9 Å². The van der Waals surface area contributed by atoms with Gasteiger partial charge in [0, 0.05) is 25.5 Å². The maximum absolute atomic E-state index is 12.7. The molecule has 3 aromatic rings. The minimum atomic E-state index is -0.0776. The average Bonchev–Trinajstić information content (AvgIpc) is 2.96. The predicted octanol–water partition coefficient (Wildman–Crippen LogP) is 3.65. The maximum Gasteiger partial charge on any atom is 0.274 e. The molecule has 0 saturated carbocycles. The van der Waals surface area contributed by atoms with Gasteiger partial charge in [0.15, 0.2) is 0 Å². The predicted molar refractivity (Wildman–Crippen MR) is 87.1 cm³/mol. The lowest BCUT2D eigenvalue weighted by Gasteiger charge is -2.19. The molecule has 2 heterocycles. The molecular weight excluding hydrogens is 298 g/mol. The molecule has 1 aromatic carbocycles. The van der Waals surface area contributed by atoms with Crippen LogP contribution in [-0.2, 0) is 6.54 Å². The number of hydrogen-bond donors (Lipinski definition) is 0. The monoisotopic (exact) mass is 313 g/mol. The fraction of sp³-hybridized carbons (Fsp3) is 0.176. The second-order valence-corrected chi connectivity index (χ2v) is 5.48. The summed E-state index contributed by atoms with van der Waals surface area (Å²) in [5.41, 5.74) is 2.24. The number of carbonyl (C=O) groups excluding carboxylic acids is 1. The van der Waals surface area contributed by atoms with Crippen LogP contribution in [0.1, 0.15) is 23.0 Å². The van der Waals surface area contributed by atoms with Crippen molar-refractivity contribution in [2.45, 2.75) is 13.5 Å². The number of benzene rings is 1. The molecule has 22 heavy (non-hydrogen) atoms. The number of pyridine rings is 1. The van der Waals surface area contributed by atoms with Crippen LogP contribution in [0.5, 0.6) is 0 Å². The summed E-state index contributed by atoms with van der Waals surface area (Å²) in [7, 11) is 0. The second-order valence-electron chi connectivity index (χ2n) is 5.04. The van der Waals surface area contributed by atoms with Crippen molar-refractivity contribution in [1.82, 2.24) is 14.3 Å². The number of halogens is 1. The van der Waals surface area contributed by atoms with Crippen LogP contribution in [-0.4, -0.2) is 26.7 Å². The van der Waals surface area contributed by atoms with Gasteiger partial charge in [0.25, 0.3) is 5.91 Å². The van der Waals surface area contributed by atoms with Crippen LogP contribution in [0, 0.1) is 0 Å². The van der Waals surface area contributed by atoms with Gasteiger partial charge >= 0.3 is 0 Å². The molecule has 0 spiro atoms. The Morgan fingerprint density at radius 1 is 1.18 bits per heavy atom. The highest BCUT2D eigenvalue weighted by Gasteiger charge is 2.17. The summed E-state index contributed by atoms with van der Waals surface area (Å²) < 4.78 is 1.77. The van der Waals surface area contributed by atoms with E-state index in [4.69, 9.17) is 11.6 Å². The van der Waals surface area contributed by atoms with E-state index in [2.05, 4.69) is 4.98 Å². The molecule has 112 valence electrons. The Balaban J connectivity index is 1.86. The third kappa shape index (κ3) is 2.97. The van der Waals surface area contributed by atoms with Gasteiger partial charge in [0.05, 0.1) is 5.02 Å². The Morgan fingerprint density at radius 3 is 2.68 bits per heavy atom. The van der Waals surface area contributed by atoms with Crippen molar-refractivity contribution in [3.8, 4) is 0 Å². The Kier molecular flexibility index (Phi) is 4.11. The van der Waals surface area contributed by atoms with Crippen molar-refractivity contribution in [2.75, 3.05) is 6.54 Å². The molecular formula is C17H16ClN3O. The van der Waals surface area contributed by atoms with Crippen molar-refractivity contribution in [3.63, 3.8) is 0 Å². The van der Waals surface area contributed by atoms with Crippen LogP contribution in [0.4, 0.5) is 0 Å². The van der Waals surface area contributed by atoms with Crippen molar-refractivity contribution in [3.05, 3.63) is 71.1 Å². The topological polar surface area (TPSA) is 37.6 Å². The molecule has 0 fully saturated rings. The lowest BCUT2D eigenvalue weighted by atomic mass is 10.2. The van der Waals surface area contributed by atoms with E-state index in [1.807, 2.05) is 37.3 Å². The van der Waals surface area contributed by atoms with E-state index in [-0.39, 0.29) is 5.91 Å². The molecule has 0 unspecified atom stereocenters. The summed E-state index contributed by atoms with van der Waals surface area (Å²) in [4.78, 5) is 18.8. The largest absolute Gasteiger partial charge is 0.333 e. The van der Waals surface area contributed by atoms with E-state index in [0.29, 0.717) is 29.5 Å². The van der Waals surface area contributed by atoms with Crippen LogP contribution >= 0.6 is 11.6 Å². The molecule has 1 amide bonds. The standard InChI is InChI=1S/C17H16ClN3O/c1-2-20(10-13-6-4-3-5-7-13)17(22)15-12-21-11-14(18)8-9-16(21)19-15/h3-9,11-12H,2,10H2,1H3. The molecule has 5 heteroatoms. The van der Waals surface area contributed by atoms with E-state index in [1.54, 1.807) is 33.8 Å². The fourth-order valence-electron chi connectivity index (χ4n) is 2.36. The summed E-state index contributed by atoms with van der Waals surface area (Å²) in [6, 6.07) is 13.5. The number of aromatic nitrogens is 2. The van der Waals surface area contributed by atoms with Gasteiger partial charge in [0.2, 0.25) is 0 Å². The zero-order chi connectivity index (χ0) is 15.5. The first-order valence-electron chi connectivity index (χ1n) is 7.15. The third-order valence-electron chi connectivity index (χ3n) is 3.52.